The normalized spacial score (nSPS) is 13.8. The van der Waals surface area contributed by atoms with Crippen molar-refractivity contribution in [2.75, 3.05) is 5.32 Å². The van der Waals surface area contributed by atoms with Crippen LogP contribution in [0.15, 0.2) is 18.2 Å². The van der Waals surface area contributed by atoms with Gasteiger partial charge < -0.3 is 10.1 Å². The van der Waals surface area contributed by atoms with Crippen LogP contribution in [0.5, 0.6) is 0 Å². The van der Waals surface area contributed by atoms with Crippen molar-refractivity contribution in [2.24, 2.45) is 0 Å². The highest BCUT2D eigenvalue weighted by Crippen LogP contribution is 2.24. The number of fused-ring (bicyclic) bond motifs is 1. The van der Waals surface area contributed by atoms with Crippen LogP contribution in [0, 0.1) is 0 Å². The van der Waals surface area contributed by atoms with Crippen molar-refractivity contribution in [3.05, 3.63) is 29.3 Å². The minimum Gasteiger partial charge on any atom is -0.453 e. The third kappa shape index (κ3) is 3.56. The second-order valence-corrected chi connectivity index (χ2v) is 5.79. The molecular formula is C15H19NO3. The highest BCUT2D eigenvalue weighted by molar-refractivity contribution is 6.37. The number of aryl methyl sites for hydroxylation is 2. The lowest BCUT2D eigenvalue weighted by molar-refractivity contribution is -0.161. The van der Waals surface area contributed by atoms with E-state index in [1.54, 1.807) is 20.8 Å². The van der Waals surface area contributed by atoms with E-state index >= 15 is 0 Å². The van der Waals surface area contributed by atoms with Gasteiger partial charge in [0.25, 0.3) is 0 Å². The molecule has 0 fully saturated rings. The lowest BCUT2D eigenvalue weighted by Crippen LogP contribution is -2.32. The molecule has 0 bridgehead atoms. The van der Waals surface area contributed by atoms with Gasteiger partial charge in [-0.15, -0.1) is 0 Å². The van der Waals surface area contributed by atoms with Crippen molar-refractivity contribution in [3.63, 3.8) is 0 Å². The molecule has 4 heteroatoms. The van der Waals surface area contributed by atoms with Crippen LogP contribution in [0.25, 0.3) is 0 Å². The number of amides is 1. The van der Waals surface area contributed by atoms with Crippen LogP contribution in [-0.4, -0.2) is 17.5 Å². The first kappa shape index (κ1) is 13.6. The van der Waals surface area contributed by atoms with E-state index in [1.165, 1.54) is 11.1 Å². The predicted molar refractivity (Wildman–Crippen MR) is 72.9 cm³/mol. The van der Waals surface area contributed by atoms with E-state index in [1.807, 2.05) is 18.2 Å². The Kier molecular flexibility index (Phi) is 3.60. The summed E-state index contributed by atoms with van der Waals surface area (Å²) in [6, 6.07) is 5.77. The van der Waals surface area contributed by atoms with E-state index in [0.717, 1.165) is 19.3 Å². The summed E-state index contributed by atoms with van der Waals surface area (Å²) < 4.78 is 5.01. The number of hydrogen-bond acceptors (Lipinski definition) is 3. The second kappa shape index (κ2) is 5.03. The fraction of sp³-hybridized carbons (Fsp3) is 0.467. The van der Waals surface area contributed by atoms with Gasteiger partial charge in [0.2, 0.25) is 0 Å². The van der Waals surface area contributed by atoms with Crippen LogP contribution >= 0.6 is 0 Å². The summed E-state index contributed by atoms with van der Waals surface area (Å²) in [5, 5.41) is 2.58. The number of benzene rings is 1. The molecule has 0 atom stereocenters. The van der Waals surface area contributed by atoms with Crippen LogP contribution in [0.4, 0.5) is 5.69 Å². The SMILES string of the molecule is CC(C)(C)OC(=O)C(=O)Nc1ccc2c(c1)CCC2. The number of esters is 1. The summed E-state index contributed by atoms with van der Waals surface area (Å²) in [6.07, 6.45) is 3.28. The molecule has 4 nitrogen and oxygen atoms in total. The zero-order chi connectivity index (χ0) is 14.0. The lowest BCUT2D eigenvalue weighted by atomic mass is 10.1. The van der Waals surface area contributed by atoms with E-state index in [-0.39, 0.29) is 0 Å². The fourth-order valence-corrected chi connectivity index (χ4v) is 2.16. The molecule has 2 rings (SSSR count). The Balaban J connectivity index is 2.01. The molecule has 0 radical (unpaired) electrons. The maximum Gasteiger partial charge on any atom is 0.397 e. The van der Waals surface area contributed by atoms with Gasteiger partial charge in [0.1, 0.15) is 5.60 Å². The molecule has 1 aromatic rings. The fourth-order valence-electron chi connectivity index (χ4n) is 2.16. The number of ether oxygens (including phenoxy) is 1. The van der Waals surface area contributed by atoms with Crippen LogP contribution in [0.3, 0.4) is 0 Å². The summed E-state index contributed by atoms with van der Waals surface area (Å²) in [5.74, 6) is -1.58. The predicted octanol–water partition coefficient (Wildman–Crippen LogP) is 2.46. The van der Waals surface area contributed by atoms with Gasteiger partial charge in [0, 0.05) is 5.69 Å². The Hall–Kier alpha value is -1.84. The first-order valence-electron chi connectivity index (χ1n) is 6.51. The highest BCUT2D eigenvalue weighted by atomic mass is 16.6. The molecule has 0 saturated carbocycles. The van der Waals surface area contributed by atoms with Gasteiger partial charge >= 0.3 is 11.9 Å². The molecule has 19 heavy (non-hydrogen) atoms. The summed E-state index contributed by atoms with van der Waals surface area (Å²) in [7, 11) is 0. The molecule has 0 saturated heterocycles. The number of rotatable bonds is 1. The molecule has 1 amide bonds. The number of anilines is 1. The molecule has 0 aromatic heterocycles. The summed E-state index contributed by atoms with van der Waals surface area (Å²) in [6.45, 7) is 5.19. The largest absolute Gasteiger partial charge is 0.453 e. The molecule has 102 valence electrons. The molecule has 1 N–H and O–H groups in total. The number of hydrogen-bond donors (Lipinski definition) is 1. The van der Waals surface area contributed by atoms with Crippen molar-refractivity contribution in [1.29, 1.82) is 0 Å². The van der Waals surface area contributed by atoms with Crippen molar-refractivity contribution in [2.45, 2.75) is 45.6 Å². The molecule has 0 unspecified atom stereocenters. The van der Waals surface area contributed by atoms with Crippen LogP contribution in [0.1, 0.15) is 38.3 Å². The minimum atomic E-state index is -0.854. The van der Waals surface area contributed by atoms with Crippen molar-refractivity contribution >= 4 is 17.6 Å². The third-order valence-electron chi connectivity index (χ3n) is 2.94. The third-order valence-corrected chi connectivity index (χ3v) is 2.94. The Morgan fingerprint density at radius 1 is 1.16 bits per heavy atom. The van der Waals surface area contributed by atoms with Crippen molar-refractivity contribution in [1.82, 2.24) is 0 Å². The van der Waals surface area contributed by atoms with Gasteiger partial charge in [-0.3, -0.25) is 4.79 Å². The lowest BCUT2D eigenvalue weighted by Gasteiger charge is -2.18. The highest BCUT2D eigenvalue weighted by Gasteiger charge is 2.23. The molecule has 1 aliphatic carbocycles. The van der Waals surface area contributed by atoms with Gasteiger partial charge in [-0.25, -0.2) is 4.79 Å². The zero-order valence-electron chi connectivity index (χ0n) is 11.6. The van der Waals surface area contributed by atoms with Gasteiger partial charge in [0.15, 0.2) is 0 Å². The van der Waals surface area contributed by atoms with Gasteiger partial charge in [-0.2, -0.15) is 0 Å². The van der Waals surface area contributed by atoms with E-state index in [9.17, 15) is 9.59 Å². The molecule has 0 spiro atoms. The molecule has 1 aromatic carbocycles. The number of carbonyl (C=O) groups excluding carboxylic acids is 2. The standard InChI is InChI=1S/C15H19NO3/c1-15(2,3)19-14(18)13(17)16-12-8-7-10-5-4-6-11(10)9-12/h7-9H,4-6H2,1-3H3,(H,16,17). The minimum absolute atomic E-state index is 0.650. The zero-order valence-corrected chi connectivity index (χ0v) is 11.6. The quantitative estimate of drug-likeness (QED) is 0.624. The first-order valence-corrected chi connectivity index (χ1v) is 6.51. The molecule has 0 aliphatic heterocycles. The van der Waals surface area contributed by atoms with E-state index in [0.29, 0.717) is 5.69 Å². The molecule has 0 heterocycles. The van der Waals surface area contributed by atoms with E-state index in [4.69, 9.17) is 4.74 Å². The first-order chi connectivity index (χ1) is 8.85. The monoisotopic (exact) mass is 261 g/mol. The summed E-state index contributed by atoms with van der Waals surface area (Å²) in [5.41, 5.74) is 2.57. The molecular weight excluding hydrogens is 242 g/mol. The Labute approximate surface area is 113 Å². The van der Waals surface area contributed by atoms with Gasteiger partial charge in [-0.1, -0.05) is 6.07 Å². The van der Waals surface area contributed by atoms with Gasteiger partial charge in [0.05, 0.1) is 0 Å². The Morgan fingerprint density at radius 2 is 1.84 bits per heavy atom. The van der Waals surface area contributed by atoms with Crippen molar-refractivity contribution in [3.8, 4) is 0 Å². The smallest absolute Gasteiger partial charge is 0.397 e. The second-order valence-electron chi connectivity index (χ2n) is 5.79. The topological polar surface area (TPSA) is 55.4 Å². The maximum atomic E-state index is 11.7. The number of nitrogens with one attached hydrogen (secondary N) is 1. The summed E-state index contributed by atoms with van der Waals surface area (Å²) in [4.78, 5) is 23.3. The summed E-state index contributed by atoms with van der Waals surface area (Å²) >= 11 is 0. The number of carbonyl (C=O) groups is 2. The van der Waals surface area contributed by atoms with E-state index < -0.39 is 17.5 Å². The van der Waals surface area contributed by atoms with Crippen LogP contribution in [0.2, 0.25) is 0 Å². The van der Waals surface area contributed by atoms with E-state index in [2.05, 4.69) is 5.32 Å². The Morgan fingerprint density at radius 3 is 2.53 bits per heavy atom. The van der Waals surface area contributed by atoms with Crippen LogP contribution in [-0.2, 0) is 27.2 Å². The Bertz CT molecular complexity index is 515. The maximum absolute atomic E-state index is 11.7. The molecule has 1 aliphatic rings. The average Bonchev–Trinajstić information content (AvgIpc) is 2.73. The van der Waals surface area contributed by atoms with Gasteiger partial charge in [-0.05, 0) is 63.3 Å². The van der Waals surface area contributed by atoms with Crippen LogP contribution < -0.4 is 5.32 Å². The average molecular weight is 261 g/mol. The van der Waals surface area contributed by atoms with Crippen molar-refractivity contribution < 1.29 is 14.3 Å².